The first-order valence-corrected chi connectivity index (χ1v) is 10.0. The summed E-state index contributed by atoms with van der Waals surface area (Å²) in [6.07, 6.45) is 0.833. The topological polar surface area (TPSA) is 83.8 Å². The number of hydrogen-bond donors (Lipinski definition) is 0. The van der Waals surface area contributed by atoms with Crippen LogP contribution in [0.15, 0.2) is 47.4 Å². The number of anilines is 1. The summed E-state index contributed by atoms with van der Waals surface area (Å²) in [5.74, 6) is -0.685. The first kappa shape index (κ1) is 19.2. The Morgan fingerprint density at radius 1 is 1.07 bits per heavy atom. The van der Waals surface area contributed by atoms with Gasteiger partial charge < -0.3 is 4.90 Å². The molecule has 0 bridgehead atoms. The van der Waals surface area contributed by atoms with E-state index in [1.54, 1.807) is 29.2 Å². The summed E-state index contributed by atoms with van der Waals surface area (Å²) in [5, 5.41) is 10.7. The van der Waals surface area contributed by atoms with E-state index in [0.717, 1.165) is 18.1 Å². The number of piperazine rings is 1. The molecule has 0 spiro atoms. The monoisotopic (exact) mass is 393 g/mol. The number of nitrogens with zero attached hydrogens (tertiary/aromatic N) is 3. The van der Waals surface area contributed by atoms with E-state index in [1.807, 2.05) is 6.92 Å². The zero-order valence-electron chi connectivity index (χ0n) is 14.8. The second-order valence-electron chi connectivity index (χ2n) is 6.28. The molecule has 9 heteroatoms. The second kappa shape index (κ2) is 7.61. The van der Waals surface area contributed by atoms with Crippen LogP contribution in [0.5, 0.6) is 0 Å². The zero-order chi connectivity index (χ0) is 19.6. The largest absolute Gasteiger partial charge is 0.367 e. The number of non-ortho nitro benzene ring substituents is 1. The van der Waals surface area contributed by atoms with Gasteiger partial charge >= 0.3 is 0 Å². The minimum Gasteiger partial charge on any atom is -0.367 e. The van der Waals surface area contributed by atoms with Crippen LogP contribution in [0.1, 0.15) is 12.5 Å². The maximum absolute atomic E-state index is 14.2. The lowest BCUT2D eigenvalue weighted by Crippen LogP contribution is -2.48. The molecule has 2 aromatic carbocycles. The van der Waals surface area contributed by atoms with Crippen LogP contribution < -0.4 is 4.90 Å². The van der Waals surface area contributed by atoms with Crippen molar-refractivity contribution in [3.8, 4) is 0 Å². The molecule has 0 saturated carbocycles. The summed E-state index contributed by atoms with van der Waals surface area (Å²) >= 11 is 0. The number of benzene rings is 2. The van der Waals surface area contributed by atoms with Gasteiger partial charge in [-0.05, 0) is 30.2 Å². The van der Waals surface area contributed by atoms with E-state index in [2.05, 4.69) is 0 Å². The molecule has 0 aromatic heterocycles. The van der Waals surface area contributed by atoms with Crippen molar-refractivity contribution in [3.63, 3.8) is 0 Å². The Labute approximate surface area is 157 Å². The summed E-state index contributed by atoms with van der Waals surface area (Å²) < 4.78 is 41.1. The average molecular weight is 393 g/mol. The molecule has 0 radical (unpaired) electrons. The van der Waals surface area contributed by atoms with Crippen LogP contribution in [0.25, 0.3) is 0 Å². The van der Waals surface area contributed by atoms with E-state index < -0.39 is 20.8 Å². The molecule has 1 aliphatic heterocycles. The molecule has 3 rings (SSSR count). The highest BCUT2D eigenvalue weighted by atomic mass is 32.2. The average Bonchev–Trinajstić information content (AvgIpc) is 2.68. The maximum Gasteiger partial charge on any atom is 0.272 e. The van der Waals surface area contributed by atoms with Gasteiger partial charge in [-0.2, -0.15) is 4.31 Å². The Morgan fingerprint density at radius 3 is 2.22 bits per heavy atom. The van der Waals surface area contributed by atoms with Gasteiger partial charge in [0.05, 0.1) is 21.6 Å². The Kier molecular flexibility index (Phi) is 5.43. The van der Waals surface area contributed by atoms with Gasteiger partial charge in [-0.15, -0.1) is 0 Å². The fourth-order valence-corrected chi connectivity index (χ4v) is 4.50. The summed E-state index contributed by atoms with van der Waals surface area (Å²) in [4.78, 5) is 12.0. The molecule has 1 aliphatic rings. The molecular formula is C18H20FN3O4S. The highest BCUT2D eigenvalue weighted by Crippen LogP contribution is 2.26. The van der Waals surface area contributed by atoms with Crippen LogP contribution in [-0.2, 0) is 16.4 Å². The molecule has 144 valence electrons. The lowest BCUT2D eigenvalue weighted by molar-refractivity contribution is -0.385. The van der Waals surface area contributed by atoms with Gasteiger partial charge in [0.2, 0.25) is 10.0 Å². The molecule has 2 aromatic rings. The minimum absolute atomic E-state index is 0.217. The van der Waals surface area contributed by atoms with Crippen LogP contribution in [0, 0.1) is 15.9 Å². The molecule has 0 atom stereocenters. The molecule has 1 fully saturated rings. The highest BCUT2D eigenvalue weighted by Gasteiger charge is 2.29. The Morgan fingerprint density at radius 2 is 1.70 bits per heavy atom. The predicted molar refractivity (Wildman–Crippen MR) is 99.8 cm³/mol. The van der Waals surface area contributed by atoms with Crippen LogP contribution in [0.3, 0.4) is 0 Å². The van der Waals surface area contributed by atoms with E-state index >= 15 is 0 Å². The number of nitro groups is 1. The summed E-state index contributed by atoms with van der Waals surface area (Å²) in [6, 6.07) is 10.3. The fraction of sp³-hybridized carbons (Fsp3) is 0.333. The SMILES string of the molecule is CCc1ccc(S(=O)(=O)N2CCN(c3ccc([N+](=O)[O-])cc3F)CC2)cc1. The van der Waals surface area contributed by atoms with E-state index in [4.69, 9.17) is 0 Å². The van der Waals surface area contributed by atoms with Crippen LogP contribution in [-0.4, -0.2) is 43.8 Å². The normalized spacial score (nSPS) is 15.7. The summed E-state index contributed by atoms with van der Waals surface area (Å²) in [5.41, 5.74) is 0.991. The van der Waals surface area contributed by atoms with Crippen molar-refractivity contribution in [2.75, 3.05) is 31.1 Å². The van der Waals surface area contributed by atoms with E-state index in [-0.39, 0.29) is 29.4 Å². The van der Waals surface area contributed by atoms with Crippen molar-refractivity contribution in [3.05, 3.63) is 64.0 Å². The van der Waals surface area contributed by atoms with Gasteiger partial charge in [0.25, 0.3) is 5.69 Å². The van der Waals surface area contributed by atoms with Gasteiger partial charge in [0.15, 0.2) is 5.82 Å². The van der Waals surface area contributed by atoms with Crippen molar-refractivity contribution in [1.82, 2.24) is 4.31 Å². The lowest BCUT2D eigenvalue weighted by Gasteiger charge is -2.35. The number of sulfonamides is 1. The first-order valence-electron chi connectivity index (χ1n) is 8.61. The van der Waals surface area contributed by atoms with Gasteiger partial charge in [-0.25, -0.2) is 12.8 Å². The number of halogens is 1. The third-order valence-electron chi connectivity index (χ3n) is 4.69. The lowest BCUT2D eigenvalue weighted by atomic mass is 10.2. The molecule has 0 unspecified atom stereocenters. The Bertz CT molecular complexity index is 940. The number of hydrogen-bond acceptors (Lipinski definition) is 5. The van der Waals surface area contributed by atoms with E-state index in [9.17, 15) is 22.9 Å². The zero-order valence-corrected chi connectivity index (χ0v) is 15.7. The van der Waals surface area contributed by atoms with Gasteiger partial charge in [0.1, 0.15) is 0 Å². The Balaban J connectivity index is 1.72. The molecule has 0 N–H and O–H groups in total. The number of nitro benzene ring substituents is 1. The van der Waals surface area contributed by atoms with Gasteiger partial charge in [-0.1, -0.05) is 19.1 Å². The van der Waals surface area contributed by atoms with Gasteiger partial charge in [-0.3, -0.25) is 10.1 Å². The predicted octanol–water partition coefficient (Wildman–Crippen LogP) is 2.81. The molecule has 27 heavy (non-hydrogen) atoms. The third-order valence-corrected chi connectivity index (χ3v) is 6.60. The van der Waals surface area contributed by atoms with Crippen LogP contribution in [0.4, 0.5) is 15.8 Å². The quantitative estimate of drug-likeness (QED) is 0.576. The van der Waals surface area contributed by atoms with E-state index in [0.29, 0.717) is 13.1 Å². The molecule has 7 nitrogen and oxygen atoms in total. The maximum atomic E-state index is 14.2. The molecular weight excluding hydrogens is 373 g/mol. The smallest absolute Gasteiger partial charge is 0.272 e. The fourth-order valence-electron chi connectivity index (χ4n) is 3.08. The van der Waals surface area contributed by atoms with Crippen molar-refractivity contribution in [1.29, 1.82) is 0 Å². The summed E-state index contributed by atoms with van der Waals surface area (Å²) in [7, 11) is -3.60. The van der Waals surface area contributed by atoms with Crippen molar-refractivity contribution in [2.45, 2.75) is 18.2 Å². The molecule has 0 aliphatic carbocycles. The number of rotatable bonds is 5. The van der Waals surface area contributed by atoms with Crippen LogP contribution >= 0.6 is 0 Å². The second-order valence-corrected chi connectivity index (χ2v) is 8.22. The molecule has 1 saturated heterocycles. The van der Waals surface area contributed by atoms with Gasteiger partial charge in [0, 0.05) is 32.2 Å². The highest BCUT2D eigenvalue weighted by molar-refractivity contribution is 7.89. The summed E-state index contributed by atoms with van der Waals surface area (Å²) in [6.45, 7) is 3.05. The standard InChI is InChI=1S/C18H20FN3O4S/c1-2-14-3-6-16(7-4-14)27(25,26)21-11-9-20(10-12-21)18-8-5-15(22(23)24)13-17(18)19/h3-8,13H,2,9-12H2,1H3. The molecule has 0 amide bonds. The van der Waals surface area contributed by atoms with Crippen molar-refractivity contribution >= 4 is 21.4 Å². The van der Waals surface area contributed by atoms with Crippen molar-refractivity contribution in [2.24, 2.45) is 0 Å². The minimum atomic E-state index is -3.60. The van der Waals surface area contributed by atoms with Crippen LogP contribution in [0.2, 0.25) is 0 Å². The van der Waals surface area contributed by atoms with E-state index in [1.165, 1.54) is 16.4 Å². The third kappa shape index (κ3) is 3.93. The first-order chi connectivity index (χ1) is 12.8. The molecule has 1 heterocycles. The Hall–Kier alpha value is -2.52. The number of aryl methyl sites for hydroxylation is 1. The van der Waals surface area contributed by atoms with Crippen molar-refractivity contribution < 1.29 is 17.7 Å².